The summed E-state index contributed by atoms with van der Waals surface area (Å²) in [6.07, 6.45) is 4.08. The fourth-order valence-electron chi connectivity index (χ4n) is 2.73. The molecule has 0 aliphatic carbocycles. The number of aromatic nitrogens is 2. The molecule has 0 amide bonds. The fourth-order valence-corrected chi connectivity index (χ4v) is 2.90. The van der Waals surface area contributed by atoms with Gasteiger partial charge in [-0.2, -0.15) is 5.26 Å². The molecular formula is C16H20ClN3. The van der Waals surface area contributed by atoms with E-state index in [1.54, 1.807) is 0 Å². The second-order valence-corrected chi connectivity index (χ2v) is 5.38. The quantitative estimate of drug-likeness (QED) is 0.738. The van der Waals surface area contributed by atoms with Gasteiger partial charge in [0.15, 0.2) is 0 Å². The first-order chi connectivity index (χ1) is 9.74. The molecule has 1 unspecified atom stereocenters. The summed E-state index contributed by atoms with van der Waals surface area (Å²) in [7, 11) is 0. The van der Waals surface area contributed by atoms with E-state index < -0.39 is 0 Å². The lowest BCUT2D eigenvalue weighted by molar-refractivity contribution is 0.445. The van der Waals surface area contributed by atoms with Crippen LogP contribution < -0.4 is 0 Å². The SMILES string of the molecule is CCCC(CC)n1c(CCCl)nc2ccc(C#N)cc21. The predicted octanol–water partition coefficient (Wildman–Crippen LogP) is 4.44. The van der Waals surface area contributed by atoms with Crippen molar-refractivity contribution in [1.29, 1.82) is 5.26 Å². The molecular weight excluding hydrogens is 270 g/mol. The molecule has 106 valence electrons. The van der Waals surface area contributed by atoms with Gasteiger partial charge in [-0.3, -0.25) is 0 Å². The van der Waals surface area contributed by atoms with E-state index in [1.807, 2.05) is 18.2 Å². The summed E-state index contributed by atoms with van der Waals surface area (Å²) in [4.78, 5) is 4.70. The van der Waals surface area contributed by atoms with Gasteiger partial charge in [-0.15, -0.1) is 11.6 Å². The van der Waals surface area contributed by atoms with Crippen molar-refractivity contribution in [3.63, 3.8) is 0 Å². The maximum Gasteiger partial charge on any atom is 0.111 e. The number of alkyl halides is 1. The highest BCUT2D eigenvalue weighted by atomic mass is 35.5. The Balaban J connectivity index is 2.62. The molecule has 3 nitrogen and oxygen atoms in total. The van der Waals surface area contributed by atoms with Crippen molar-refractivity contribution in [1.82, 2.24) is 9.55 Å². The Morgan fingerprint density at radius 2 is 2.20 bits per heavy atom. The lowest BCUT2D eigenvalue weighted by Gasteiger charge is -2.19. The van der Waals surface area contributed by atoms with Crippen LogP contribution in [0.2, 0.25) is 0 Å². The molecule has 0 spiro atoms. The minimum absolute atomic E-state index is 0.428. The summed E-state index contributed by atoms with van der Waals surface area (Å²) in [5, 5.41) is 9.10. The van der Waals surface area contributed by atoms with Crippen LogP contribution in [0.4, 0.5) is 0 Å². The fraction of sp³-hybridized carbons (Fsp3) is 0.500. The molecule has 0 saturated carbocycles. The van der Waals surface area contributed by atoms with Crippen molar-refractivity contribution in [2.24, 2.45) is 0 Å². The van der Waals surface area contributed by atoms with Gasteiger partial charge in [0.05, 0.1) is 22.7 Å². The zero-order chi connectivity index (χ0) is 14.5. The number of benzene rings is 1. The zero-order valence-corrected chi connectivity index (χ0v) is 12.8. The molecule has 0 N–H and O–H groups in total. The number of halogens is 1. The Morgan fingerprint density at radius 1 is 1.40 bits per heavy atom. The highest BCUT2D eigenvalue weighted by Gasteiger charge is 2.17. The van der Waals surface area contributed by atoms with Gasteiger partial charge in [-0.25, -0.2) is 4.98 Å². The maximum atomic E-state index is 9.10. The summed E-state index contributed by atoms with van der Waals surface area (Å²) in [6, 6.07) is 8.34. The summed E-state index contributed by atoms with van der Waals surface area (Å²) in [5.74, 6) is 1.60. The minimum Gasteiger partial charge on any atom is -0.325 e. The summed E-state index contributed by atoms with van der Waals surface area (Å²) >= 11 is 5.91. The molecule has 0 bridgehead atoms. The molecule has 1 aromatic carbocycles. The highest BCUT2D eigenvalue weighted by Crippen LogP contribution is 2.27. The third-order valence-corrected chi connectivity index (χ3v) is 3.86. The number of aryl methyl sites for hydroxylation is 1. The monoisotopic (exact) mass is 289 g/mol. The molecule has 0 saturated heterocycles. The smallest absolute Gasteiger partial charge is 0.111 e. The van der Waals surface area contributed by atoms with Crippen LogP contribution in [-0.2, 0) is 6.42 Å². The zero-order valence-electron chi connectivity index (χ0n) is 12.1. The molecule has 20 heavy (non-hydrogen) atoms. The van der Waals surface area contributed by atoms with E-state index in [2.05, 4.69) is 24.5 Å². The average molecular weight is 290 g/mol. The molecule has 0 aliphatic rings. The van der Waals surface area contributed by atoms with E-state index >= 15 is 0 Å². The Hall–Kier alpha value is -1.53. The Morgan fingerprint density at radius 3 is 2.80 bits per heavy atom. The molecule has 1 aromatic heterocycles. The van der Waals surface area contributed by atoms with Crippen LogP contribution in [0.5, 0.6) is 0 Å². The molecule has 1 atom stereocenters. The van der Waals surface area contributed by atoms with E-state index in [9.17, 15) is 0 Å². The molecule has 2 rings (SSSR count). The van der Waals surface area contributed by atoms with Gasteiger partial charge in [0.1, 0.15) is 5.82 Å². The van der Waals surface area contributed by atoms with Crippen LogP contribution in [0.1, 0.15) is 50.5 Å². The largest absolute Gasteiger partial charge is 0.325 e. The summed E-state index contributed by atoms with van der Waals surface area (Å²) < 4.78 is 2.29. The Kier molecular flexibility index (Phi) is 5.03. The standard InChI is InChI=1S/C16H20ClN3/c1-3-5-13(4-2)20-15-10-12(11-18)6-7-14(15)19-16(20)8-9-17/h6-7,10,13H,3-5,8-9H2,1-2H3. The second kappa shape index (κ2) is 6.76. The highest BCUT2D eigenvalue weighted by molar-refractivity contribution is 6.17. The third kappa shape index (κ3) is 2.81. The number of fused-ring (bicyclic) bond motifs is 1. The van der Waals surface area contributed by atoms with Crippen LogP contribution in [-0.4, -0.2) is 15.4 Å². The van der Waals surface area contributed by atoms with Crippen molar-refractivity contribution in [2.75, 3.05) is 5.88 Å². The molecule has 4 heteroatoms. The summed E-state index contributed by atoms with van der Waals surface area (Å²) in [6.45, 7) is 4.40. The van der Waals surface area contributed by atoms with Crippen LogP contribution in [0.15, 0.2) is 18.2 Å². The first kappa shape index (κ1) is 14.9. The number of imidazole rings is 1. The van der Waals surface area contributed by atoms with E-state index in [1.165, 1.54) is 0 Å². The van der Waals surface area contributed by atoms with Crippen LogP contribution in [0.25, 0.3) is 11.0 Å². The number of rotatable bonds is 6. The van der Waals surface area contributed by atoms with E-state index in [-0.39, 0.29) is 0 Å². The van der Waals surface area contributed by atoms with Gasteiger partial charge in [-0.1, -0.05) is 20.3 Å². The van der Waals surface area contributed by atoms with E-state index in [0.717, 1.165) is 42.5 Å². The van der Waals surface area contributed by atoms with Gasteiger partial charge in [0.25, 0.3) is 0 Å². The van der Waals surface area contributed by atoms with Gasteiger partial charge in [0, 0.05) is 18.3 Å². The number of hydrogen-bond donors (Lipinski definition) is 0. The lowest BCUT2D eigenvalue weighted by Crippen LogP contribution is -2.12. The van der Waals surface area contributed by atoms with Crippen LogP contribution in [0.3, 0.4) is 0 Å². The van der Waals surface area contributed by atoms with Crippen molar-refractivity contribution in [3.05, 3.63) is 29.6 Å². The minimum atomic E-state index is 0.428. The van der Waals surface area contributed by atoms with Crippen molar-refractivity contribution >= 4 is 22.6 Å². The molecule has 0 aliphatic heterocycles. The lowest BCUT2D eigenvalue weighted by atomic mass is 10.1. The molecule has 0 radical (unpaired) electrons. The summed E-state index contributed by atoms with van der Waals surface area (Å²) in [5.41, 5.74) is 2.70. The van der Waals surface area contributed by atoms with E-state index in [4.69, 9.17) is 21.8 Å². The van der Waals surface area contributed by atoms with Gasteiger partial charge in [-0.05, 0) is 31.0 Å². The van der Waals surface area contributed by atoms with Crippen molar-refractivity contribution < 1.29 is 0 Å². The first-order valence-electron chi connectivity index (χ1n) is 7.22. The van der Waals surface area contributed by atoms with E-state index in [0.29, 0.717) is 17.5 Å². The molecule has 0 fully saturated rings. The van der Waals surface area contributed by atoms with Gasteiger partial charge >= 0.3 is 0 Å². The predicted molar refractivity (Wildman–Crippen MR) is 83.1 cm³/mol. The first-order valence-corrected chi connectivity index (χ1v) is 7.75. The molecule has 1 heterocycles. The van der Waals surface area contributed by atoms with Gasteiger partial charge in [0.2, 0.25) is 0 Å². The van der Waals surface area contributed by atoms with Gasteiger partial charge < -0.3 is 4.57 Å². The average Bonchev–Trinajstić information content (AvgIpc) is 2.82. The number of nitriles is 1. The Labute approximate surface area is 125 Å². The molecule has 2 aromatic rings. The third-order valence-electron chi connectivity index (χ3n) is 3.67. The maximum absolute atomic E-state index is 9.10. The normalized spacial score (nSPS) is 12.5. The van der Waals surface area contributed by atoms with Crippen LogP contribution in [0, 0.1) is 11.3 Å². The van der Waals surface area contributed by atoms with Crippen molar-refractivity contribution in [3.8, 4) is 6.07 Å². The van der Waals surface area contributed by atoms with Crippen molar-refractivity contribution in [2.45, 2.75) is 45.6 Å². The Bertz CT molecular complexity index is 624. The second-order valence-electron chi connectivity index (χ2n) is 5.00. The number of nitrogens with zero attached hydrogens (tertiary/aromatic N) is 3. The van der Waals surface area contributed by atoms with Crippen LogP contribution >= 0.6 is 11.6 Å². The number of hydrogen-bond acceptors (Lipinski definition) is 2. The topological polar surface area (TPSA) is 41.6 Å².